The lowest BCUT2D eigenvalue weighted by atomic mass is 10.5. The fraction of sp³-hybridized carbons (Fsp3) is 0.429. The summed E-state index contributed by atoms with van der Waals surface area (Å²) in [6, 6.07) is 0. The van der Waals surface area contributed by atoms with E-state index in [2.05, 4.69) is 0 Å². The summed E-state index contributed by atoms with van der Waals surface area (Å²) >= 11 is 0. The largest absolute Gasteiger partial charge is 0.276 e. The number of nitrogens with zero attached hydrogens (tertiary/aromatic N) is 1. The molecule has 56 valence electrons. The third-order valence-electron chi connectivity index (χ3n) is 1.22. The first-order chi connectivity index (χ1) is 4.25. The van der Waals surface area contributed by atoms with E-state index in [0.717, 1.165) is 0 Å². The van der Waals surface area contributed by atoms with Crippen LogP contribution in [0.15, 0.2) is 12.2 Å². The lowest BCUT2D eigenvalue weighted by Gasteiger charge is -2.08. The van der Waals surface area contributed by atoms with Gasteiger partial charge in [-0.25, -0.2) is 0 Å². The minimum absolute atomic E-state index is 0. The topological polar surface area (TPSA) is 37.4 Å². The first-order valence-corrected chi connectivity index (χ1v) is 2.79. The second kappa shape index (κ2) is 3.15. The van der Waals surface area contributed by atoms with Crippen LogP contribution in [0.1, 0.15) is 14.4 Å². The lowest BCUT2D eigenvalue weighted by Crippen LogP contribution is -2.29. The van der Waals surface area contributed by atoms with Crippen molar-refractivity contribution in [3.8, 4) is 0 Å². The fourth-order valence-electron chi connectivity index (χ4n) is 0.743. The highest BCUT2D eigenvalue weighted by molar-refractivity contribution is 6.12. The monoisotopic (exact) mass is 141 g/mol. The Hall–Kier alpha value is -1.12. The van der Waals surface area contributed by atoms with Crippen molar-refractivity contribution < 1.29 is 9.59 Å². The molecular weight excluding hydrogens is 130 g/mol. The molecule has 1 rings (SSSR count). The highest BCUT2D eigenvalue weighted by atomic mass is 16.2. The fourth-order valence-corrected chi connectivity index (χ4v) is 0.743. The third kappa shape index (κ3) is 1.23. The van der Waals surface area contributed by atoms with Crippen molar-refractivity contribution in [2.24, 2.45) is 0 Å². The van der Waals surface area contributed by atoms with Gasteiger partial charge >= 0.3 is 0 Å². The summed E-state index contributed by atoms with van der Waals surface area (Å²) in [4.78, 5) is 22.4. The summed E-state index contributed by atoms with van der Waals surface area (Å²) in [5.41, 5.74) is 0. The molecule has 0 unspecified atom stereocenters. The van der Waals surface area contributed by atoms with E-state index in [0.29, 0.717) is 6.54 Å². The van der Waals surface area contributed by atoms with Gasteiger partial charge < -0.3 is 0 Å². The number of hydrogen-bond donors (Lipinski definition) is 0. The van der Waals surface area contributed by atoms with Crippen molar-refractivity contribution >= 4 is 11.8 Å². The Labute approximate surface area is 60.3 Å². The molecule has 1 heterocycles. The van der Waals surface area contributed by atoms with Crippen molar-refractivity contribution in [3.05, 3.63) is 12.2 Å². The van der Waals surface area contributed by atoms with Gasteiger partial charge in [-0.1, -0.05) is 7.43 Å². The van der Waals surface area contributed by atoms with Gasteiger partial charge in [0.15, 0.2) is 0 Å². The molecule has 1 aliphatic rings. The Morgan fingerprint density at radius 2 is 1.70 bits per heavy atom. The van der Waals surface area contributed by atoms with Crippen LogP contribution in [-0.4, -0.2) is 23.3 Å². The van der Waals surface area contributed by atoms with E-state index in [4.69, 9.17) is 0 Å². The Kier molecular flexibility index (Phi) is 2.80. The van der Waals surface area contributed by atoms with Crippen LogP contribution >= 0.6 is 0 Å². The molecule has 0 atom stereocenters. The van der Waals surface area contributed by atoms with Crippen LogP contribution in [0.25, 0.3) is 0 Å². The molecule has 0 fully saturated rings. The average Bonchev–Trinajstić information content (AvgIpc) is 2.12. The summed E-state index contributed by atoms with van der Waals surface area (Å²) in [5, 5.41) is 0. The molecular formula is C7H11NO2. The Morgan fingerprint density at radius 1 is 1.30 bits per heavy atom. The maximum absolute atomic E-state index is 10.6. The second-order valence-corrected chi connectivity index (χ2v) is 1.75. The maximum atomic E-state index is 10.6. The minimum Gasteiger partial charge on any atom is -0.276 e. The third-order valence-corrected chi connectivity index (χ3v) is 1.22. The number of rotatable bonds is 1. The zero-order valence-corrected chi connectivity index (χ0v) is 5.13. The number of amides is 2. The van der Waals surface area contributed by atoms with Gasteiger partial charge in [-0.05, 0) is 6.92 Å². The molecule has 0 N–H and O–H groups in total. The van der Waals surface area contributed by atoms with Gasteiger partial charge in [0.25, 0.3) is 11.8 Å². The first-order valence-electron chi connectivity index (χ1n) is 2.79. The van der Waals surface area contributed by atoms with E-state index in [1.165, 1.54) is 17.1 Å². The van der Waals surface area contributed by atoms with Crippen LogP contribution in [0, 0.1) is 0 Å². The molecule has 0 aromatic carbocycles. The normalized spacial score (nSPS) is 15.9. The van der Waals surface area contributed by atoms with Gasteiger partial charge in [0.2, 0.25) is 0 Å². The van der Waals surface area contributed by atoms with Gasteiger partial charge in [-0.15, -0.1) is 0 Å². The van der Waals surface area contributed by atoms with Crippen molar-refractivity contribution in [3.63, 3.8) is 0 Å². The maximum Gasteiger partial charge on any atom is 0.253 e. The van der Waals surface area contributed by atoms with Gasteiger partial charge in [-0.3, -0.25) is 14.5 Å². The van der Waals surface area contributed by atoms with Crippen LogP contribution < -0.4 is 0 Å². The summed E-state index contributed by atoms with van der Waals surface area (Å²) in [7, 11) is 0. The number of carbonyl (C=O) groups is 2. The lowest BCUT2D eigenvalue weighted by molar-refractivity contribution is -0.136. The Balaban J connectivity index is 0.000000810. The molecule has 0 radical (unpaired) electrons. The molecule has 10 heavy (non-hydrogen) atoms. The molecule has 1 aliphatic heterocycles. The molecule has 3 heteroatoms. The summed E-state index contributed by atoms with van der Waals surface area (Å²) in [6.45, 7) is 2.23. The Bertz CT molecular complexity index is 166. The summed E-state index contributed by atoms with van der Waals surface area (Å²) < 4.78 is 0. The summed E-state index contributed by atoms with van der Waals surface area (Å²) in [6.07, 6.45) is 2.57. The molecule has 2 amide bonds. The zero-order valence-electron chi connectivity index (χ0n) is 5.13. The standard InChI is InChI=1S/C6H7NO2.CH4/c1-2-7-5(8)3-4-6(7)9;/h3-4H,2H2,1H3;1H4. The predicted octanol–water partition coefficient (Wildman–Crippen LogP) is 0.567. The van der Waals surface area contributed by atoms with E-state index in [9.17, 15) is 9.59 Å². The van der Waals surface area contributed by atoms with Gasteiger partial charge in [0.05, 0.1) is 0 Å². The molecule has 0 saturated heterocycles. The van der Waals surface area contributed by atoms with E-state index in [1.807, 2.05) is 0 Å². The molecule has 0 aromatic rings. The van der Waals surface area contributed by atoms with E-state index >= 15 is 0 Å². The molecule has 3 nitrogen and oxygen atoms in total. The molecule has 0 spiro atoms. The minimum atomic E-state index is -0.206. The van der Waals surface area contributed by atoms with E-state index in [1.54, 1.807) is 6.92 Å². The zero-order chi connectivity index (χ0) is 6.85. The number of carbonyl (C=O) groups excluding carboxylic acids is 2. The SMILES string of the molecule is C.CCN1C(=O)C=CC1=O. The number of likely N-dealkylation sites (N-methyl/N-ethyl adjacent to an activating group) is 1. The first kappa shape index (κ1) is 8.88. The Morgan fingerprint density at radius 3 is 1.90 bits per heavy atom. The van der Waals surface area contributed by atoms with Crippen molar-refractivity contribution in [1.82, 2.24) is 4.90 Å². The average molecular weight is 141 g/mol. The smallest absolute Gasteiger partial charge is 0.253 e. The molecule has 0 aromatic heterocycles. The second-order valence-electron chi connectivity index (χ2n) is 1.75. The van der Waals surface area contributed by atoms with Gasteiger partial charge in [0.1, 0.15) is 0 Å². The van der Waals surface area contributed by atoms with Crippen LogP contribution in [0.3, 0.4) is 0 Å². The van der Waals surface area contributed by atoms with Crippen LogP contribution in [0.4, 0.5) is 0 Å². The number of imide groups is 1. The number of hydrogen-bond acceptors (Lipinski definition) is 2. The quantitative estimate of drug-likeness (QED) is 0.500. The molecule has 0 bridgehead atoms. The van der Waals surface area contributed by atoms with Crippen molar-refractivity contribution in [1.29, 1.82) is 0 Å². The molecule has 0 aliphatic carbocycles. The highest BCUT2D eigenvalue weighted by Crippen LogP contribution is 2.00. The summed E-state index contributed by atoms with van der Waals surface area (Å²) in [5.74, 6) is -0.412. The van der Waals surface area contributed by atoms with Gasteiger partial charge in [-0.2, -0.15) is 0 Å². The van der Waals surface area contributed by atoms with Gasteiger partial charge in [0, 0.05) is 18.7 Å². The van der Waals surface area contributed by atoms with Crippen LogP contribution in [0.2, 0.25) is 0 Å². The van der Waals surface area contributed by atoms with Crippen LogP contribution in [0.5, 0.6) is 0 Å². The highest BCUT2D eigenvalue weighted by Gasteiger charge is 2.20. The predicted molar refractivity (Wildman–Crippen MR) is 38.3 cm³/mol. The van der Waals surface area contributed by atoms with E-state index in [-0.39, 0.29) is 19.2 Å². The van der Waals surface area contributed by atoms with Crippen LogP contribution in [-0.2, 0) is 9.59 Å². The van der Waals surface area contributed by atoms with Crippen molar-refractivity contribution in [2.75, 3.05) is 6.54 Å². The van der Waals surface area contributed by atoms with E-state index < -0.39 is 0 Å². The molecule has 0 saturated carbocycles. The van der Waals surface area contributed by atoms with Crippen molar-refractivity contribution in [2.45, 2.75) is 14.4 Å².